The van der Waals surface area contributed by atoms with E-state index in [4.69, 9.17) is 14.2 Å². The van der Waals surface area contributed by atoms with Crippen molar-refractivity contribution in [1.29, 1.82) is 0 Å². The van der Waals surface area contributed by atoms with Crippen molar-refractivity contribution in [3.8, 4) is 17.2 Å². The molecular weight excluding hydrogens is 506 g/mol. The van der Waals surface area contributed by atoms with E-state index in [1.54, 1.807) is 36.3 Å². The molecule has 1 N–H and O–H groups in total. The second kappa shape index (κ2) is 11.9. The van der Waals surface area contributed by atoms with Crippen molar-refractivity contribution in [2.45, 2.75) is 51.7 Å². The van der Waals surface area contributed by atoms with E-state index in [1.165, 1.54) is 0 Å². The lowest BCUT2D eigenvalue weighted by atomic mass is 9.94. The number of benzene rings is 3. The highest BCUT2D eigenvalue weighted by atomic mass is 16.5. The van der Waals surface area contributed by atoms with Gasteiger partial charge in [0.25, 0.3) is 11.7 Å². The molecule has 0 bridgehead atoms. The van der Waals surface area contributed by atoms with Gasteiger partial charge in [-0.05, 0) is 66.8 Å². The van der Waals surface area contributed by atoms with Crippen LogP contribution in [0.3, 0.4) is 0 Å². The van der Waals surface area contributed by atoms with Gasteiger partial charge in [0.05, 0.1) is 25.3 Å². The summed E-state index contributed by atoms with van der Waals surface area (Å²) in [6.07, 6.45) is 3.23. The van der Waals surface area contributed by atoms with Crippen LogP contribution in [0.15, 0.2) is 72.3 Å². The third-order valence-corrected chi connectivity index (χ3v) is 7.45. The molecule has 0 spiro atoms. The van der Waals surface area contributed by atoms with Gasteiger partial charge in [0.1, 0.15) is 17.6 Å². The molecule has 7 heteroatoms. The zero-order valence-electron chi connectivity index (χ0n) is 23.2. The second-order valence-electron chi connectivity index (χ2n) is 10.3. The van der Waals surface area contributed by atoms with Crippen molar-refractivity contribution in [1.82, 2.24) is 4.90 Å². The first kappa shape index (κ1) is 27.3. The van der Waals surface area contributed by atoms with E-state index in [0.29, 0.717) is 48.6 Å². The van der Waals surface area contributed by atoms with Crippen LogP contribution in [0.25, 0.3) is 5.76 Å². The maximum Gasteiger partial charge on any atom is 0.295 e. The van der Waals surface area contributed by atoms with Crippen LogP contribution < -0.4 is 14.2 Å². The van der Waals surface area contributed by atoms with Crippen LogP contribution in [-0.4, -0.2) is 48.1 Å². The molecule has 40 heavy (non-hydrogen) atoms. The van der Waals surface area contributed by atoms with Gasteiger partial charge in [-0.3, -0.25) is 9.59 Å². The molecule has 3 aromatic carbocycles. The lowest BCUT2D eigenvalue weighted by molar-refractivity contribution is -0.139. The smallest absolute Gasteiger partial charge is 0.295 e. The Morgan fingerprint density at radius 2 is 1.85 bits per heavy atom. The third-order valence-electron chi connectivity index (χ3n) is 7.45. The molecule has 3 aromatic rings. The van der Waals surface area contributed by atoms with Crippen LogP contribution in [0.2, 0.25) is 0 Å². The zero-order valence-corrected chi connectivity index (χ0v) is 23.2. The number of carbonyl (C=O) groups excluding carboxylic acids is 2. The maximum absolute atomic E-state index is 13.5. The van der Waals surface area contributed by atoms with Crippen LogP contribution >= 0.6 is 0 Å². The third kappa shape index (κ3) is 5.41. The van der Waals surface area contributed by atoms with Gasteiger partial charge in [-0.1, -0.05) is 49.7 Å². The van der Waals surface area contributed by atoms with Gasteiger partial charge in [0.15, 0.2) is 11.5 Å². The molecule has 7 nitrogen and oxygen atoms in total. The van der Waals surface area contributed by atoms with E-state index in [1.807, 2.05) is 49.4 Å². The van der Waals surface area contributed by atoms with Crippen LogP contribution in [-0.2, 0) is 22.4 Å². The maximum atomic E-state index is 13.5. The fourth-order valence-corrected chi connectivity index (χ4v) is 5.38. The van der Waals surface area contributed by atoms with Gasteiger partial charge in [-0.2, -0.15) is 0 Å². The number of fused-ring (bicyclic) bond motifs is 1. The van der Waals surface area contributed by atoms with Crippen molar-refractivity contribution in [3.63, 3.8) is 0 Å². The highest BCUT2D eigenvalue weighted by Crippen LogP contribution is 2.43. The SMILES string of the molecule is CCCCOc1ccc([C@@H]2C(=C(O)c3ccc4c(c3)C[C@@H](C)O4)C(=O)C(=O)N2CCc2ccccc2)cc1OC. The first-order valence-electron chi connectivity index (χ1n) is 13.8. The molecular formula is C33H35NO6. The number of hydrogen-bond acceptors (Lipinski definition) is 6. The number of likely N-dealkylation sites (tertiary alicyclic amines) is 1. The summed E-state index contributed by atoms with van der Waals surface area (Å²) in [7, 11) is 1.56. The number of aliphatic hydroxyl groups is 1. The second-order valence-corrected chi connectivity index (χ2v) is 10.3. The normalized spacial score (nSPS) is 19.4. The molecule has 2 heterocycles. The Kier molecular flexibility index (Phi) is 8.10. The summed E-state index contributed by atoms with van der Waals surface area (Å²) in [4.78, 5) is 28.5. The number of methoxy groups -OCH3 is 1. The first-order chi connectivity index (χ1) is 19.4. The molecule has 1 saturated heterocycles. The predicted molar refractivity (Wildman–Crippen MR) is 153 cm³/mol. The van der Waals surface area contributed by atoms with Gasteiger partial charge in [-0.15, -0.1) is 0 Å². The molecule has 0 aliphatic carbocycles. The molecule has 1 fully saturated rings. The van der Waals surface area contributed by atoms with E-state index in [0.717, 1.165) is 29.7 Å². The van der Waals surface area contributed by atoms with Crippen molar-refractivity contribution in [2.75, 3.05) is 20.3 Å². The molecule has 1 amide bonds. The molecule has 0 radical (unpaired) electrons. The zero-order chi connectivity index (χ0) is 28.2. The summed E-state index contributed by atoms with van der Waals surface area (Å²) < 4.78 is 17.3. The largest absolute Gasteiger partial charge is 0.507 e. The summed E-state index contributed by atoms with van der Waals surface area (Å²) >= 11 is 0. The van der Waals surface area contributed by atoms with Crippen LogP contribution in [0.5, 0.6) is 17.2 Å². The number of ketones is 1. The minimum atomic E-state index is -0.786. The molecule has 2 aliphatic heterocycles. The standard InChI is InChI=1S/C33H35NO6/c1-4-5-17-39-27-14-11-23(20-28(27)38-3)30-29(31(35)24-12-13-26-25(19-24)18-21(2)40-26)32(36)33(37)34(30)16-15-22-9-7-6-8-10-22/h6-14,19-21,30,35H,4-5,15-18H2,1-3H3/t21-,30-/m1/s1. The Morgan fingerprint density at radius 3 is 2.60 bits per heavy atom. The van der Waals surface area contributed by atoms with Crippen LogP contribution in [0.1, 0.15) is 55.0 Å². The van der Waals surface area contributed by atoms with Gasteiger partial charge in [0.2, 0.25) is 0 Å². The summed E-state index contributed by atoms with van der Waals surface area (Å²) in [5, 5.41) is 11.5. The van der Waals surface area contributed by atoms with E-state index in [-0.39, 0.29) is 17.4 Å². The van der Waals surface area contributed by atoms with Crippen LogP contribution in [0, 0.1) is 0 Å². The van der Waals surface area contributed by atoms with Crippen molar-refractivity contribution < 1.29 is 28.9 Å². The van der Waals surface area contributed by atoms with Gasteiger partial charge in [-0.25, -0.2) is 0 Å². The van der Waals surface area contributed by atoms with E-state index < -0.39 is 17.7 Å². The summed E-state index contributed by atoms with van der Waals surface area (Å²) in [5.74, 6) is 0.327. The molecule has 2 aliphatic rings. The number of ether oxygens (including phenoxy) is 3. The van der Waals surface area contributed by atoms with Crippen LogP contribution in [0.4, 0.5) is 0 Å². The fourth-order valence-electron chi connectivity index (χ4n) is 5.38. The Bertz CT molecular complexity index is 1430. The highest BCUT2D eigenvalue weighted by molar-refractivity contribution is 6.46. The molecule has 0 saturated carbocycles. The van der Waals surface area contributed by atoms with Gasteiger partial charge < -0.3 is 24.2 Å². The Hall–Kier alpha value is -4.26. The Balaban J connectivity index is 1.57. The molecule has 208 valence electrons. The number of hydrogen-bond donors (Lipinski definition) is 1. The fraction of sp³-hybridized carbons (Fsp3) is 0.333. The lowest BCUT2D eigenvalue weighted by Gasteiger charge is -2.26. The number of nitrogens with zero attached hydrogens (tertiary/aromatic N) is 1. The van der Waals surface area contributed by atoms with Crippen molar-refractivity contribution in [2.24, 2.45) is 0 Å². The monoisotopic (exact) mass is 541 g/mol. The molecule has 2 atom stereocenters. The number of unbranched alkanes of at least 4 members (excludes halogenated alkanes) is 1. The topological polar surface area (TPSA) is 85.3 Å². The lowest BCUT2D eigenvalue weighted by Crippen LogP contribution is -2.31. The quantitative estimate of drug-likeness (QED) is 0.150. The van der Waals surface area contributed by atoms with Gasteiger partial charge in [0, 0.05) is 18.5 Å². The average Bonchev–Trinajstić information content (AvgIpc) is 3.47. The van der Waals surface area contributed by atoms with E-state index >= 15 is 0 Å². The number of aliphatic hydroxyl groups excluding tert-OH is 1. The van der Waals surface area contributed by atoms with Crippen molar-refractivity contribution in [3.05, 3.63) is 94.6 Å². The summed E-state index contributed by atoms with van der Waals surface area (Å²) in [6.45, 7) is 4.95. The Labute approximate surface area is 235 Å². The minimum absolute atomic E-state index is 0.0430. The summed E-state index contributed by atoms with van der Waals surface area (Å²) in [6, 6.07) is 19.8. The number of rotatable bonds is 10. The van der Waals surface area contributed by atoms with Crippen molar-refractivity contribution >= 4 is 17.4 Å². The highest BCUT2D eigenvalue weighted by Gasteiger charge is 2.46. The van der Waals surface area contributed by atoms with E-state index in [2.05, 4.69) is 6.92 Å². The molecule has 5 rings (SSSR count). The molecule has 0 unspecified atom stereocenters. The molecule has 0 aromatic heterocycles. The number of Topliss-reactive ketones (excluding diaryl/α,β-unsaturated/α-hetero) is 1. The van der Waals surface area contributed by atoms with E-state index in [9.17, 15) is 14.7 Å². The minimum Gasteiger partial charge on any atom is -0.507 e. The first-order valence-corrected chi connectivity index (χ1v) is 13.8. The number of amides is 1. The summed E-state index contributed by atoms with van der Waals surface area (Å²) in [5.41, 5.74) is 3.21. The van der Waals surface area contributed by atoms with Gasteiger partial charge >= 0.3 is 0 Å². The average molecular weight is 542 g/mol. The number of carbonyl (C=O) groups is 2. The Morgan fingerprint density at radius 1 is 1.05 bits per heavy atom. The predicted octanol–water partition coefficient (Wildman–Crippen LogP) is 5.86.